The molecule has 9 heteroatoms. The Morgan fingerprint density at radius 3 is 2.35 bits per heavy atom. The fourth-order valence-electron chi connectivity index (χ4n) is 5.64. The average molecular weight is 623 g/mol. The first-order chi connectivity index (χ1) is 22.2. The standard InChI is InChI=1S/C37H42N4O5/c1-25-21-41(26(2)24-42)36(43)32-11-8-12-33(39-37(44)38-30-17-19-31(45-4)20-18-30)35(32)46-34(25)23-40(3)22-27-13-15-29(16-14-27)28-9-6-5-7-10-28/h5-20,25-26,34,42H,21-24H2,1-4H3,(H2,38,39,44)/t25-,26+,34+/m1/s1. The molecule has 0 fully saturated rings. The van der Waals surface area contributed by atoms with Gasteiger partial charge in [-0.2, -0.15) is 0 Å². The number of aliphatic hydroxyl groups excluding tert-OH is 1. The van der Waals surface area contributed by atoms with Crippen LogP contribution in [0.25, 0.3) is 11.1 Å². The first-order valence-corrected chi connectivity index (χ1v) is 15.5. The van der Waals surface area contributed by atoms with E-state index in [1.165, 1.54) is 16.7 Å². The Bertz CT molecular complexity index is 1610. The van der Waals surface area contributed by atoms with Crippen LogP contribution in [0.3, 0.4) is 0 Å². The highest BCUT2D eigenvalue weighted by molar-refractivity contribution is 6.04. The third-order valence-electron chi connectivity index (χ3n) is 8.29. The van der Waals surface area contributed by atoms with Crippen molar-refractivity contribution >= 4 is 23.3 Å². The number of carbonyl (C=O) groups excluding carboxylic acids is 2. The maximum absolute atomic E-state index is 13.8. The van der Waals surface area contributed by atoms with Crippen molar-refractivity contribution in [3.63, 3.8) is 0 Å². The van der Waals surface area contributed by atoms with Crippen molar-refractivity contribution in [3.05, 3.63) is 108 Å². The van der Waals surface area contributed by atoms with Crippen LogP contribution in [-0.4, -0.2) is 72.8 Å². The van der Waals surface area contributed by atoms with Gasteiger partial charge in [-0.15, -0.1) is 0 Å². The monoisotopic (exact) mass is 622 g/mol. The van der Waals surface area contributed by atoms with Crippen LogP contribution < -0.4 is 20.1 Å². The average Bonchev–Trinajstić information content (AvgIpc) is 3.07. The molecule has 0 radical (unpaired) electrons. The van der Waals surface area contributed by atoms with Crippen molar-refractivity contribution < 1.29 is 24.2 Å². The highest BCUT2D eigenvalue weighted by Gasteiger charge is 2.34. The van der Waals surface area contributed by atoms with Crippen molar-refractivity contribution in [1.29, 1.82) is 0 Å². The SMILES string of the molecule is COc1ccc(NC(=O)Nc2cccc3c2O[C@@H](CN(C)Cc2ccc(-c4ccccc4)cc2)[C@H](C)CN([C@@H](C)CO)C3=O)cc1. The molecule has 4 aromatic rings. The first kappa shape index (κ1) is 32.5. The molecule has 0 aromatic heterocycles. The summed E-state index contributed by atoms with van der Waals surface area (Å²) in [5, 5.41) is 15.7. The molecule has 9 nitrogen and oxygen atoms in total. The molecule has 3 atom stereocenters. The Balaban J connectivity index is 1.36. The number of benzene rings is 4. The summed E-state index contributed by atoms with van der Waals surface area (Å²) in [6.45, 7) is 5.41. The van der Waals surface area contributed by atoms with Gasteiger partial charge in [0.25, 0.3) is 5.91 Å². The van der Waals surface area contributed by atoms with E-state index in [1.807, 2.05) is 32.2 Å². The largest absolute Gasteiger partial charge is 0.497 e. The van der Waals surface area contributed by atoms with Crippen LogP contribution in [0.4, 0.5) is 16.2 Å². The molecule has 4 aromatic carbocycles. The Hall–Kier alpha value is -4.86. The van der Waals surface area contributed by atoms with Gasteiger partial charge < -0.3 is 30.1 Å². The molecule has 3 N–H and O–H groups in total. The van der Waals surface area contributed by atoms with Crippen molar-refractivity contribution in [2.75, 3.05) is 44.5 Å². The molecule has 1 aliphatic heterocycles. The van der Waals surface area contributed by atoms with Crippen molar-refractivity contribution in [2.45, 2.75) is 32.5 Å². The number of ether oxygens (including phenoxy) is 2. The van der Waals surface area contributed by atoms with E-state index in [0.717, 1.165) is 0 Å². The van der Waals surface area contributed by atoms with E-state index in [9.17, 15) is 14.7 Å². The van der Waals surface area contributed by atoms with Crippen LogP contribution in [0.5, 0.6) is 11.5 Å². The number of hydrogen-bond donors (Lipinski definition) is 3. The number of methoxy groups -OCH3 is 1. The predicted molar refractivity (Wildman–Crippen MR) is 181 cm³/mol. The zero-order chi connectivity index (χ0) is 32.6. The minimum absolute atomic E-state index is 0.0739. The summed E-state index contributed by atoms with van der Waals surface area (Å²) in [5.74, 6) is 0.658. The Kier molecular flexibility index (Phi) is 10.6. The van der Waals surface area contributed by atoms with Gasteiger partial charge in [0.05, 0.1) is 31.0 Å². The van der Waals surface area contributed by atoms with Gasteiger partial charge in [0.2, 0.25) is 0 Å². The number of fused-ring (bicyclic) bond motifs is 1. The Labute approximate surface area is 270 Å². The molecule has 46 heavy (non-hydrogen) atoms. The predicted octanol–water partition coefficient (Wildman–Crippen LogP) is 6.36. The number of para-hydroxylation sites is 1. The smallest absolute Gasteiger partial charge is 0.323 e. The van der Waals surface area contributed by atoms with Gasteiger partial charge in [0.1, 0.15) is 11.9 Å². The third kappa shape index (κ3) is 7.85. The molecule has 1 aliphatic rings. The minimum atomic E-state index is -0.474. The summed E-state index contributed by atoms with van der Waals surface area (Å²) in [4.78, 5) is 30.8. The number of aliphatic hydroxyl groups is 1. The van der Waals surface area contributed by atoms with Gasteiger partial charge in [-0.3, -0.25) is 9.69 Å². The number of likely N-dealkylation sites (N-methyl/N-ethyl adjacent to an activating group) is 1. The summed E-state index contributed by atoms with van der Waals surface area (Å²) in [5.41, 5.74) is 4.81. The van der Waals surface area contributed by atoms with E-state index in [4.69, 9.17) is 9.47 Å². The molecule has 240 valence electrons. The van der Waals surface area contributed by atoms with E-state index in [-0.39, 0.29) is 24.5 Å². The quantitative estimate of drug-likeness (QED) is 0.190. The molecule has 0 unspecified atom stereocenters. The van der Waals surface area contributed by atoms with Crippen LogP contribution in [-0.2, 0) is 6.54 Å². The lowest BCUT2D eigenvalue weighted by Crippen LogP contribution is -2.49. The van der Waals surface area contributed by atoms with Gasteiger partial charge in [0.15, 0.2) is 5.75 Å². The van der Waals surface area contributed by atoms with Gasteiger partial charge >= 0.3 is 6.03 Å². The Morgan fingerprint density at radius 2 is 1.67 bits per heavy atom. The van der Waals surface area contributed by atoms with Gasteiger partial charge in [-0.25, -0.2) is 4.79 Å². The van der Waals surface area contributed by atoms with E-state index in [0.29, 0.717) is 48.1 Å². The number of carbonyl (C=O) groups is 2. The second-order valence-electron chi connectivity index (χ2n) is 11.9. The molecule has 0 bridgehead atoms. The number of hydrogen-bond acceptors (Lipinski definition) is 6. The lowest BCUT2D eigenvalue weighted by Gasteiger charge is -2.38. The van der Waals surface area contributed by atoms with Crippen LogP contribution in [0.1, 0.15) is 29.8 Å². The van der Waals surface area contributed by atoms with Crippen LogP contribution in [0.15, 0.2) is 97.1 Å². The zero-order valence-electron chi connectivity index (χ0n) is 26.8. The van der Waals surface area contributed by atoms with Crippen molar-refractivity contribution in [1.82, 2.24) is 9.80 Å². The van der Waals surface area contributed by atoms with Crippen LogP contribution in [0, 0.1) is 5.92 Å². The maximum Gasteiger partial charge on any atom is 0.323 e. The second kappa shape index (κ2) is 14.9. The zero-order valence-corrected chi connectivity index (χ0v) is 26.8. The fraction of sp³-hybridized carbons (Fsp3) is 0.297. The third-order valence-corrected chi connectivity index (χ3v) is 8.29. The van der Waals surface area contributed by atoms with E-state index < -0.39 is 12.1 Å². The molecule has 3 amide bonds. The number of rotatable bonds is 10. The van der Waals surface area contributed by atoms with Gasteiger partial charge in [0, 0.05) is 31.2 Å². The summed E-state index contributed by atoms with van der Waals surface area (Å²) >= 11 is 0. The molecule has 0 saturated carbocycles. The first-order valence-electron chi connectivity index (χ1n) is 15.5. The second-order valence-corrected chi connectivity index (χ2v) is 11.9. The molecule has 0 spiro atoms. The van der Waals surface area contributed by atoms with Crippen LogP contribution >= 0.6 is 0 Å². The Morgan fingerprint density at radius 1 is 0.978 bits per heavy atom. The molecular weight excluding hydrogens is 580 g/mol. The van der Waals surface area contributed by atoms with Crippen molar-refractivity contribution in [3.8, 4) is 22.6 Å². The number of anilines is 2. The summed E-state index contributed by atoms with van der Waals surface area (Å²) in [6, 6.07) is 30.1. The number of urea groups is 1. The lowest BCUT2D eigenvalue weighted by atomic mass is 9.98. The number of amides is 3. The molecular formula is C37H42N4O5. The topological polar surface area (TPSA) is 103 Å². The lowest BCUT2D eigenvalue weighted by molar-refractivity contribution is 0.0343. The normalized spacial score (nSPS) is 16.9. The fourth-order valence-corrected chi connectivity index (χ4v) is 5.64. The van der Waals surface area contributed by atoms with Gasteiger partial charge in [-0.1, -0.05) is 67.6 Å². The van der Waals surface area contributed by atoms with E-state index >= 15 is 0 Å². The highest BCUT2D eigenvalue weighted by atomic mass is 16.5. The number of nitrogens with zero attached hydrogens (tertiary/aromatic N) is 2. The summed E-state index contributed by atoms with van der Waals surface area (Å²) < 4.78 is 11.9. The van der Waals surface area contributed by atoms with Crippen LogP contribution in [0.2, 0.25) is 0 Å². The number of nitrogens with one attached hydrogen (secondary N) is 2. The van der Waals surface area contributed by atoms with E-state index in [2.05, 4.69) is 58.9 Å². The van der Waals surface area contributed by atoms with Gasteiger partial charge in [-0.05, 0) is 67.1 Å². The molecule has 0 saturated heterocycles. The summed E-state index contributed by atoms with van der Waals surface area (Å²) in [7, 11) is 3.63. The van der Waals surface area contributed by atoms with E-state index in [1.54, 1.807) is 54.5 Å². The maximum atomic E-state index is 13.8. The molecule has 5 rings (SSSR count). The van der Waals surface area contributed by atoms with Crippen molar-refractivity contribution in [2.24, 2.45) is 5.92 Å². The molecule has 0 aliphatic carbocycles. The molecule has 1 heterocycles. The minimum Gasteiger partial charge on any atom is -0.497 e. The highest BCUT2D eigenvalue weighted by Crippen LogP contribution is 2.35. The summed E-state index contributed by atoms with van der Waals surface area (Å²) in [6.07, 6.45) is -0.318.